The molecule has 2 heterocycles. The van der Waals surface area contributed by atoms with Crippen molar-refractivity contribution in [2.24, 2.45) is 14.1 Å². The Kier molecular flexibility index (Phi) is 5.11. The van der Waals surface area contributed by atoms with Crippen molar-refractivity contribution in [3.63, 3.8) is 0 Å². The van der Waals surface area contributed by atoms with Crippen molar-refractivity contribution >= 4 is 11.9 Å². The summed E-state index contributed by atoms with van der Waals surface area (Å²) in [5.74, 6) is 1.00. The summed E-state index contributed by atoms with van der Waals surface area (Å²) in [6.07, 6.45) is 0. The SMILES string of the molecule is CN(CCN(C)c1nc(C#N)c(C#N)n1C)c1nc(C#N)c(C#N)n1C. The van der Waals surface area contributed by atoms with Crippen LogP contribution in [-0.2, 0) is 14.1 Å². The van der Waals surface area contributed by atoms with Crippen molar-refractivity contribution in [1.29, 1.82) is 21.0 Å². The fourth-order valence-corrected chi connectivity index (χ4v) is 2.57. The molecule has 0 aliphatic carbocycles. The van der Waals surface area contributed by atoms with Gasteiger partial charge in [0.15, 0.2) is 22.8 Å². The highest BCUT2D eigenvalue weighted by atomic mass is 15.3. The van der Waals surface area contributed by atoms with Crippen LogP contribution in [0.1, 0.15) is 22.8 Å². The number of hydrogen-bond acceptors (Lipinski definition) is 8. The van der Waals surface area contributed by atoms with E-state index in [1.165, 1.54) is 0 Å². The molecule has 0 spiro atoms. The average Bonchev–Trinajstić information content (AvgIpc) is 3.15. The van der Waals surface area contributed by atoms with Crippen LogP contribution < -0.4 is 9.80 Å². The van der Waals surface area contributed by atoms with Crippen molar-refractivity contribution in [1.82, 2.24) is 19.1 Å². The van der Waals surface area contributed by atoms with Crippen LogP contribution in [0.25, 0.3) is 0 Å². The van der Waals surface area contributed by atoms with Gasteiger partial charge >= 0.3 is 0 Å². The molecule has 10 heteroatoms. The number of anilines is 2. The summed E-state index contributed by atoms with van der Waals surface area (Å²) in [5, 5.41) is 36.4. The predicted molar refractivity (Wildman–Crippen MR) is 91.8 cm³/mol. The van der Waals surface area contributed by atoms with Gasteiger partial charge in [-0.05, 0) is 0 Å². The maximum Gasteiger partial charge on any atom is 0.207 e. The molecule has 0 aliphatic heterocycles. The molecule has 0 bridgehead atoms. The Bertz CT molecular complexity index is 916. The van der Waals surface area contributed by atoms with Crippen LogP contribution in [0.5, 0.6) is 0 Å². The molecule has 130 valence electrons. The monoisotopic (exact) mass is 348 g/mol. The zero-order valence-corrected chi connectivity index (χ0v) is 14.9. The number of nitrogens with zero attached hydrogens (tertiary/aromatic N) is 10. The highest BCUT2D eigenvalue weighted by Gasteiger charge is 2.19. The molecule has 0 unspecified atom stereocenters. The van der Waals surface area contributed by atoms with Crippen molar-refractivity contribution < 1.29 is 0 Å². The van der Waals surface area contributed by atoms with Crippen molar-refractivity contribution in [3.8, 4) is 24.3 Å². The summed E-state index contributed by atoms with van der Waals surface area (Å²) < 4.78 is 3.14. The van der Waals surface area contributed by atoms with E-state index >= 15 is 0 Å². The predicted octanol–water partition coefficient (Wildman–Crippen LogP) is 0.213. The van der Waals surface area contributed by atoms with E-state index in [4.69, 9.17) is 21.0 Å². The highest BCUT2D eigenvalue weighted by Crippen LogP contribution is 2.18. The average molecular weight is 348 g/mol. The molecular formula is C16H16N10. The summed E-state index contributed by atoms with van der Waals surface area (Å²) in [4.78, 5) is 12.0. The molecule has 0 amide bonds. The van der Waals surface area contributed by atoms with Crippen LogP contribution >= 0.6 is 0 Å². The molecule has 0 aliphatic rings. The zero-order valence-electron chi connectivity index (χ0n) is 14.9. The fraction of sp³-hybridized carbons (Fsp3) is 0.375. The number of rotatable bonds is 5. The number of hydrogen-bond donors (Lipinski definition) is 0. The summed E-state index contributed by atoms with van der Waals surface area (Å²) >= 11 is 0. The Morgan fingerprint density at radius 1 is 0.731 bits per heavy atom. The molecule has 0 aromatic carbocycles. The molecule has 10 nitrogen and oxygen atoms in total. The Labute approximate surface area is 151 Å². The third kappa shape index (κ3) is 3.00. The Morgan fingerprint density at radius 2 is 1.08 bits per heavy atom. The van der Waals surface area contributed by atoms with Gasteiger partial charge in [-0.3, -0.25) is 0 Å². The van der Waals surface area contributed by atoms with Crippen LogP contribution in [0.2, 0.25) is 0 Å². The van der Waals surface area contributed by atoms with Crippen molar-refractivity contribution in [2.75, 3.05) is 37.0 Å². The zero-order chi connectivity index (χ0) is 19.4. The number of nitriles is 4. The minimum absolute atomic E-state index is 0.0895. The first-order chi connectivity index (χ1) is 12.4. The van der Waals surface area contributed by atoms with E-state index < -0.39 is 0 Å². The van der Waals surface area contributed by atoms with Gasteiger partial charge in [-0.15, -0.1) is 0 Å². The molecular weight excluding hydrogens is 332 g/mol. The Balaban J connectivity index is 2.18. The van der Waals surface area contributed by atoms with Crippen LogP contribution in [0.15, 0.2) is 0 Å². The molecule has 2 aromatic rings. The van der Waals surface area contributed by atoms with Gasteiger partial charge in [0.25, 0.3) is 0 Å². The van der Waals surface area contributed by atoms with E-state index in [1.54, 1.807) is 37.3 Å². The molecule has 0 radical (unpaired) electrons. The summed E-state index contributed by atoms with van der Waals surface area (Å²) in [6, 6.07) is 7.79. The first kappa shape index (κ1) is 18.3. The number of aromatic nitrogens is 4. The van der Waals surface area contributed by atoms with Crippen LogP contribution in [-0.4, -0.2) is 46.3 Å². The summed E-state index contributed by atoms with van der Waals surface area (Å²) in [6.45, 7) is 1.04. The minimum atomic E-state index is 0.0895. The first-order valence-corrected chi connectivity index (χ1v) is 7.55. The van der Waals surface area contributed by atoms with Gasteiger partial charge < -0.3 is 18.9 Å². The minimum Gasteiger partial charge on any atom is -0.343 e. The van der Waals surface area contributed by atoms with E-state index in [1.807, 2.05) is 34.1 Å². The van der Waals surface area contributed by atoms with Gasteiger partial charge in [0.05, 0.1) is 0 Å². The summed E-state index contributed by atoms with van der Waals surface area (Å²) in [7, 11) is 6.97. The third-order valence-electron chi connectivity index (χ3n) is 4.02. The van der Waals surface area contributed by atoms with Gasteiger partial charge in [-0.2, -0.15) is 21.0 Å². The third-order valence-corrected chi connectivity index (χ3v) is 4.02. The largest absolute Gasteiger partial charge is 0.343 e. The Morgan fingerprint density at radius 3 is 1.31 bits per heavy atom. The van der Waals surface area contributed by atoms with Crippen molar-refractivity contribution in [3.05, 3.63) is 22.8 Å². The smallest absolute Gasteiger partial charge is 0.207 e. The lowest BCUT2D eigenvalue weighted by Gasteiger charge is -2.23. The van der Waals surface area contributed by atoms with Gasteiger partial charge in [-0.1, -0.05) is 0 Å². The lowest BCUT2D eigenvalue weighted by Crippen LogP contribution is -2.33. The molecule has 2 rings (SSSR count). The first-order valence-electron chi connectivity index (χ1n) is 7.55. The number of likely N-dealkylation sites (N-methyl/N-ethyl adjacent to an activating group) is 2. The van der Waals surface area contributed by atoms with Crippen molar-refractivity contribution in [2.45, 2.75) is 0 Å². The summed E-state index contributed by atoms with van der Waals surface area (Å²) in [5.41, 5.74) is 0.603. The van der Waals surface area contributed by atoms with E-state index in [2.05, 4.69) is 9.97 Å². The van der Waals surface area contributed by atoms with E-state index in [-0.39, 0.29) is 22.8 Å². The standard InChI is InChI=1S/C16H16N10/c1-23(15-21-11(7-17)13(9-19)25(15)3)5-6-24(2)16-22-12(8-18)14(10-20)26(16)4/h5-6H2,1-4H3. The lowest BCUT2D eigenvalue weighted by molar-refractivity contribution is 0.746. The molecule has 0 atom stereocenters. The maximum atomic E-state index is 9.15. The van der Waals surface area contributed by atoms with E-state index in [0.717, 1.165) is 0 Å². The number of imidazole rings is 2. The second-order valence-corrected chi connectivity index (χ2v) is 5.63. The molecule has 0 fully saturated rings. The van der Waals surface area contributed by atoms with E-state index in [0.29, 0.717) is 25.0 Å². The van der Waals surface area contributed by atoms with Crippen LogP contribution in [0.4, 0.5) is 11.9 Å². The molecule has 0 saturated heterocycles. The molecule has 2 aromatic heterocycles. The molecule has 26 heavy (non-hydrogen) atoms. The second-order valence-electron chi connectivity index (χ2n) is 5.63. The normalized spacial score (nSPS) is 9.69. The van der Waals surface area contributed by atoms with Crippen LogP contribution in [0.3, 0.4) is 0 Å². The highest BCUT2D eigenvalue weighted by molar-refractivity contribution is 5.48. The van der Waals surface area contributed by atoms with Gasteiger partial charge in [0.1, 0.15) is 24.3 Å². The fourth-order valence-electron chi connectivity index (χ4n) is 2.57. The van der Waals surface area contributed by atoms with Gasteiger partial charge in [0.2, 0.25) is 11.9 Å². The molecule has 0 saturated carbocycles. The maximum absolute atomic E-state index is 9.15. The molecule has 0 N–H and O–H groups in total. The second kappa shape index (κ2) is 7.25. The van der Waals surface area contributed by atoms with Gasteiger partial charge in [-0.25, -0.2) is 9.97 Å². The Hall–Kier alpha value is -4.02. The lowest BCUT2D eigenvalue weighted by atomic mass is 10.4. The topological polar surface area (TPSA) is 137 Å². The van der Waals surface area contributed by atoms with Gasteiger partial charge in [0, 0.05) is 41.3 Å². The van der Waals surface area contributed by atoms with Crippen LogP contribution in [0, 0.1) is 45.3 Å². The van der Waals surface area contributed by atoms with E-state index in [9.17, 15) is 0 Å². The quantitative estimate of drug-likeness (QED) is 0.747.